The summed E-state index contributed by atoms with van der Waals surface area (Å²) in [5.41, 5.74) is 2.12. The lowest BCUT2D eigenvalue weighted by Gasteiger charge is -2.09. The van der Waals surface area contributed by atoms with Crippen LogP contribution in [0, 0.1) is 0 Å². The van der Waals surface area contributed by atoms with Crippen LogP contribution in [0.4, 0.5) is 21.0 Å². The van der Waals surface area contributed by atoms with Gasteiger partial charge in [-0.2, -0.15) is 0 Å². The summed E-state index contributed by atoms with van der Waals surface area (Å²) in [6.45, 7) is 0.352. The van der Waals surface area contributed by atoms with Gasteiger partial charge < -0.3 is 15.4 Å². The van der Waals surface area contributed by atoms with Crippen molar-refractivity contribution in [2.75, 3.05) is 17.7 Å². The summed E-state index contributed by atoms with van der Waals surface area (Å²) in [5.74, 6) is 0. The second-order valence-corrected chi connectivity index (χ2v) is 5.07. The molecule has 0 saturated carbocycles. The lowest BCUT2D eigenvalue weighted by molar-refractivity contribution is 0.187. The summed E-state index contributed by atoms with van der Waals surface area (Å²) >= 11 is 5.85. The number of hydrogen-bond donors (Lipinski definition) is 3. The smallest absolute Gasteiger partial charge is 0.411 e. The minimum atomic E-state index is -0.531. The number of rotatable bonds is 4. The van der Waals surface area contributed by atoms with Gasteiger partial charge in [0, 0.05) is 22.9 Å². The molecule has 0 radical (unpaired) electrons. The molecule has 6 nitrogen and oxygen atoms in total. The number of urea groups is 1. The van der Waals surface area contributed by atoms with Crippen LogP contribution in [-0.2, 0) is 11.3 Å². The van der Waals surface area contributed by atoms with E-state index in [4.69, 9.17) is 11.6 Å². The highest BCUT2D eigenvalue weighted by Crippen LogP contribution is 2.14. The van der Waals surface area contributed by atoms with Gasteiger partial charge in [-0.25, -0.2) is 9.59 Å². The van der Waals surface area contributed by atoms with E-state index < -0.39 is 6.09 Å². The highest BCUT2D eigenvalue weighted by Gasteiger charge is 2.03. The molecule has 0 saturated heterocycles. The van der Waals surface area contributed by atoms with E-state index in [0.29, 0.717) is 22.9 Å². The van der Waals surface area contributed by atoms with Gasteiger partial charge in [0.2, 0.25) is 0 Å². The summed E-state index contributed by atoms with van der Waals surface area (Å²) in [4.78, 5) is 22.9. The summed E-state index contributed by atoms with van der Waals surface area (Å²) in [6.07, 6.45) is -0.531. The molecule has 3 N–H and O–H groups in total. The zero-order valence-corrected chi connectivity index (χ0v) is 13.2. The standard InChI is InChI=1S/C16H16ClN3O3/c1-23-16(22)20-13-7-5-11(6-8-13)10-18-15(21)19-14-4-2-3-12(17)9-14/h2-9H,10H2,1H3,(H,20,22)(H2,18,19,21). The fraction of sp³-hybridized carbons (Fsp3) is 0.125. The quantitative estimate of drug-likeness (QED) is 0.795. The third-order valence-electron chi connectivity index (χ3n) is 2.92. The summed E-state index contributed by atoms with van der Waals surface area (Å²) in [5, 5.41) is 8.52. The first-order chi connectivity index (χ1) is 11.1. The van der Waals surface area contributed by atoms with E-state index in [2.05, 4.69) is 20.7 Å². The molecule has 2 aromatic rings. The number of amides is 3. The number of carbonyl (C=O) groups is 2. The molecular weight excluding hydrogens is 318 g/mol. The largest absolute Gasteiger partial charge is 0.453 e. The number of anilines is 2. The molecule has 23 heavy (non-hydrogen) atoms. The second-order valence-electron chi connectivity index (χ2n) is 4.63. The van der Waals surface area contributed by atoms with Gasteiger partial charge in [0.15, 0.2) is 0 Å². The third-order valence-corrected chi connectivity index (χ3v) is 3.16. The lowest BCUT2D eigenvalue weighted by atomic mass is 10.2. The van der Waals surface area contributed by atoms with Crippen molar-refractivity contribution in [2.45, 2.75) is 6.54 Å². The van der Waals surface area contributed by atoms with Gasteiger partial charge in [-0.15, -0.1) is 0 Å². The third kappa shape index (κ3) is 5.52. The van der Waals surface area contributed by atoms with Crippen LogP contribution in [0.1, 0.15) is 5.56 Å². The van der Waals surface area contributed by atoms with Crippen LogP contribution in [0.2, 0.25) is 5.02 Å². The normalized spacial score (nSPS) is 9.83. The SMILES string of the molecule is COC(=O)Nc1ccc(CNC(=O)Nc2cccc(Cl)c2)cc1. The van der Waals surface area contributed by atoms with Crippen molar-refractivity contribution in [3.63, 3.8) is 0 Å². The Bertz CT molecular complexity index is 689. The number of halogens is 1. The van der Waals surface area contributed by atoms with Gasteiger partial charge in [0.25, 0.3) is 0 Å². The van der Waals surface area contributed by atoms with E-state index in [1.54, 1.807) is 48.5 Å². The first-order valence-corrected chi connectivity index (χ1v) is 7.19. The van der Waals surface area contributed by atoms with Crippen molar-refractivity contribution in [1.29, 1.82) is 0 Å². The Labute approximate surface area is 138 Å². The van der Waals surface area contributed by atoms with Crippen LogP contribution in [-0.4, -0.2) is 19.2 Å². The van der Waals surface area contributed by atoms with Crippen LogP contribution in [0.25, 0.3) is 0 Å². The van der Waals surface area contributed by atoms with Crippen molar-refractivity contribution in [3.05, 3.63) is 59.1 Å². The molecule has 0 aromatic heterocycles. The van der Waals surface area contributed by atoms with Crippen molar-refractivity contribution >= 4 is 35.1 Å². The van der Waals surface area contributed by atoms with Crippen LogP contribution in [0.15, 0.2) is 48.5 Å². The predicted molar refractivity (Wildman–Crippen MR) is 89.8 cm³/mol. The monoisotopic (exact) mass is 333 g/mol. The fourth-order valence-corrected chi connectivity index (χ4v) is 1.99. The Hall–Kier alpha value is -2.73. The first kappa shape index (κ1) is 16.6. The zero-order chi connectivity index (χ0) is 16.7. The average molecular weight is 334 g/mol. The molecular formula is C16H16ClN3O3. The number of benzene rings is 2. The maximum Gasteiger partial charge on any atom is 0.411 e. The molecule has 0 aliphatic rings. The topological polar surface area (TPSA) is 79.5 Å². The Morgan fingerprint density at radius 3 is 2.43 bits per heavy atom. The van der Waals surface area contributed by atoms with E-state index in [1.807, 2.05) is 0 Å². The zero-order valence-electron chi connectivity index (χ0n) is 12.4. The van der Waals surface area contributed by atoms with Gasteiger partial charge >= 0.3 is 12.1 Å². The maximum absolute atomic E-state index is 11.8. The van der Waals surface area contributed by atoms with Crippen molar-refractivity contribution in [1.82, 2.24) is 5.32 Å². The number of carbonyl (C=O) groups excluding carboxylic acids is 2. The van der Waals surface area contributed by atoms with Gasteiger partial charge in [-0.1, -0.05) is 29.8 Å². The molecule has 3 amide bonds. The van der Waals surface area contributed by atoms with Crippen molar-refractivity contribution < 1.29 is 14.3 Å². The molecule has 0 aliphatic carbocycles. The molecule has 2 aromatic carbocycles. The van der Waals surface area contributed by atoms with Crippen molar-refractivity contribution in [3.8, 4) is 0 Å². The second kappa shape index (κ2) is 8.05. The van der Waals surface area contributed by atoms with Crippen LogP contribution in [0.5, 0.6) is 0 Å². The van der Waals surface area contributed by atoms with Crippen molar-refractivity contribution in [2.24, 2.45) is 0 Å². The minimum absolute atomic E-state index is 0.330. The average Bonchev–Trinajstić information content (AvgIpc) is 2.54. The molecule has 0 atom stereocenters. The molecule has 7 heteroatoms. The van der Waals surface area contributed by atoms with E-state index in [0.717, 1.165) is 5.56 Å². The Morgan fingerprint density at radius 2 is 1.78 bits per heavy atom. The van der Waals surface area contributed by atoms with Gasteiger partial charge in [-0.3, -0.25) is 5.32 Å². The van der Waals surface area contributed by atoms with Gasteiger partial charge in [-0.05, 0) is 35.9 Å². The molecule has 0 spiro atoms. The summed E-state index contributed by atoms with van der Waals surface area (Å²) in [7, 11) is 1.30. The van der Waals surface area contributed by atoms with E-state index in [9.17, 15) is 9.59 Å². The number of nitrogens with one attached hydrogen (secondary N) is 3. The highest BCUT2D eigenvalue weighted by molar-refractivity contribution is 6.30. The van der Waals surface area contributed by atoms with Gasteiger partial charge in [0.1, 0.15) is 0 Å². The van der Waals surface area contributed by atoms with Crippen LogP contribution in [0.3, 0.4) is 0 Å². The lowest BCUT2D eigenvalue weighted by Crippen LogP contribution is -2.28. The highest BCUT2D eigenvalue weighted by atomic mass is 35.5. The first-order valence-electron chi connectivity index (χ1n) is 6.81. The summed E-state index contributed by atoms with van der Waals surface area (Å²) in [6, 6.07) is 13.6. The molecule has 0 aliphatic heterocycles. The molecule has 0 fully saturated rings. The number of methoxy groups -OCH3 is 1. The Morgan fingerprint density at radius 1 is 1.04 bits per heavy atom. The minimum Gasteiger partial charge on any atom is -0.453 e. The maximum atomic E-state index is 11.8. The van der Waals surface area contributed by atoms with E-state index in [1.165, 1.54) is 7.11 Å². The number of ether oxygens (including phenoxy) is 1. The number of hydrogen-bond acceptors (Lipinski definition) is 3. The Balaban J connectivity index is 1.83. The molecule has 120 valence electrons. The predicted octanol–water partition coefficient (Wildman–Crippen LogP) is 3.84. The molecule has 0 bridgehead atoms. The van der Waals surface area contributed by atoms with Crippen LogP contribution < -0.4 is 16.0 Å². The summed E-state index contributed by atoms with van der Waals surface area (Å²) < 4.78 is 4.50. The van der Waals surface area contributed by atoms with E-state index >= 15 is 0 Å². The molecule has 0 heterocycles. The fourth-order valence-electron chi connectivity index (χ4n) is 1.80. The van der Waals surface area contributed by atoms with Gasteiger partial charge in [0.05, 0.1) is 7.11 Å². The van der Waals surface area contributed by atoms with Crippen LogP contribution >= 0.6 is 11.6 Å². The Kier molecular flexibility index (Phi) is 5.82. The molecule has 2 rings (SSSR count). The molecule has 0 unspecified atom stereocenters. The van der Waals surface area contributed by atoms with E-state index in [-0.39, 0.29) is 6.03 Å².